The fourth-order valence-electron chi connectivity index (χ4n) is 4.27. The minimum absolute atomic E-state index is 0.281. The van der Waals surface area contributed by atoms with E-state index in [9.17, 15) is 4.79 Å². The first-order valence-electron chi connectivity index (χ1n) is 14.2. The quantitative estimate of drug-likeness (QED) is 0.111. The molecule has 0 aromatic rings. The van der Waals surface area contributed by atoms with E-state index in [-0.39, 0.29) is 6.42 Å². The summed E-state index contributed by atoms with van der Waals surface area (Å²) in [4.78, 5) is 10.4. The van der Waals surface area contributed by atoms with Crippen LogP contribution in [0.25, 0.3) is 0 Å². The highest BCUT2D eigenvalue weighted by molar-refractivity contribution is 5.66. The summed E-state index contributed by atoms with van der Waals surface area (Å²) in [6, 6.07) is 0. The van der Waals surface area contributed by atoms with Gasteiger partial charge in [-0.1, -0.05) is 134 Å². The predicted molar refractivity (Wildman–Crippen MR) is 142 cm³/mol. The largest absolute Gasteiger partial charge is 0.481 e. The Balaban J connectivity index is 3.22. The first kappa shape index (κ1) is 30.9. The number of carboxylic acid groups (broad SMARTS) is 1. The van der Waals surface area contributed by atoms with Crippen LogP contribution >= 0.6 is 0 Å². The molecule has 0 aliphatic carbocycles. The number of carbonyl (C=O) groups is 1. The molecule has 0 saturated carbocycles. The molecule has 2 heteroatoms. The van der Waals surface area contributed by atoms with E-state index in [1.165, 1.54) is 109 Å². The van der Waals surface area contributed by atoms with Gasteiger partial charge in [0.05, 0.1) is 0 Å². The molecule has 0 saturated heterocycles. The summed E-state index contributed by atoms with van der Waals surface area (Å²) in [7, 11) is 0. The van der Waals surface area contributed by atoms with Crippen LogP contribution in [0.4, 0.5) is 0 Å². The molecular formula is C30H56O2. The molecule has 188 valence electrons. The van der Waals surface area contributed by atoms with Crippen molar-refractivity contribution in [2.45, 2.75) is 155 Å². The summed E-state index contributed by atoms with van der Waals surface area (Å²) in [5.41, 5.74) is 0. The Morgan fingerprint density at radius 3 is 1.50 bits per heavy atom. The highest BCUT2D eigenvalue weighted by atomic mass is 16.4. The Labute approximate surface area is 201 Å². The molecule has 2 nitrogen and oxygen atoms in total. The van der Waals surface area contributed by atoms with Crippen LogP contribution in [-0.2, 0) is 4.79 Å². The van der Waals surface area contributed by atoms with E-state index in [0.717, 1.165) is 31.6 Å². The lowest BCUT2D eigenvalue weighted by Crippen LogP contribution is -1.95. The minimum atomic E-state index is -0.694. The molecule has 0 radical (unpaired) electrons. The zero-order chi connectivity index (χ0) is 23.5. The van der Waals surface area contributed by atoms with Gasteiger partial charge in [0.15, 0.2) is 0 Å². The monoisotopic (exact) mass is 448 g/mol. The lowest BCUT2D eigenvalue weighted by atomic mass is 9.96. The van der Waals surface area contributed by atoms with E-state index < -0.39 is 5.97 Å². The maximum Gasteiger partial charge on any atom is 0.303 e. The molecule has 0 aliphatic heterocycles. The van der Waals surface area contributed by atoms with Crippen molar-refractivity contribution >= 4 is 5.97 Å². The normalized spacial score (nSPS) is 12.8. The Kier molecular flexibility index (Phi) is 25.3. The molecular weight excluding hydrogens is 392 g/mol. The van der Waals surface area contributed by atoms with Gasteiger partial charge in [0.2, 0.25) is 0 Å². The topological polar surface area (TPSA) is 37.3 Å². The summed E-state index contributed by atoms with van der Waals surface area (Å²) in [5, 5.41) is 8.58. The summed E-state index contributed by atoms with van der Waals surface area (Å²) in [6.45, 7) is 4.75. The molecule has 0 spiro atoms. The van der Waals surface area contributed by atoms with Gasteiger partial charge >= 0.3 is 5.97 Å². The summed E-state index contributed by atoms with van der Waals surface area (Å²) >= 11 is 0. The molecule has 0 rings (SSSR count). The molecule has 0 fully saturated rings. The van der Waals surface area contributed by atoms with Gasteiger partial charge in [-0.15, -0.1) is 0 Å². The van der Waals surface area contributed by atoms with Crippen LogP contribution in [-0.4, -0.2) is 11.1 Å². The Bertz CT molecular complexity index is 438. The molecule has 0 aromatic heterocycles. The second-order valence-electron chi connectivity index (χ2n) is 9.87. The van der Waals surface area contributed by atoms with E-state index in [2.05, 4.69) is 38.2 Å². The predicted octanol–water partition coefficient (Wildman–Crippen LogP) is 10.4. The molecule has 0 bridgehead atoms. The van der Waals surface area contributed by atoms with Crippen molar-refractivity contribution in [1.82, 2.24) is 0 Å². The third kappa shape index (κ3) is 27.0. The number of rotatable bonds is 25. The highest BCUT2D eigenvalue weighted by Crippen LogP contribution is 2.18. The highest BCUT2D eigenvalue weighted by Gasteiger charge is 2.02. The summed E-state index contributed by atoms with van der Waals surface area (Å²) < 4.78 is 0. The van der Waals surface area contributed by atoms with Crippen molar-refractivity contribution in [3.63, 3.8) is 0 Å². The SMILES string of the molecule is CCCCCCCC(C)CCCCCCCCCCC/C=C\CC/C=C\CCCC(=O)O. The Morgan fingerprint density at radius 1 is 0.594 bits per heavy atom. The summed E-state index contributed by atoms with van der Waals surface area (Å²) in [6.07, 6.45) is 37.0. The van der Waals surface area contributed by atoms with Gasteiger partial charge in [0, 0.05) is 6.42 Å². The molecule has 1 atom stereocenters. The van der Waals surface area contributed by atoms with Crippen LogP contribution in [0.2, 0.25) is 0 Å². The van der Waals surface area contributed by atoms with Crippen LogP contribution < -0.4 is 0 Å². The zero-order valence-corrected chi connectivity index (χ0v) is 21.8. The smallest absolute Gasteiger partial charge is 0.303 e. The molecule has 0 aliphatic rings. The lowest BCUT2D eigenvalue weighted by Gasteiger charge is -2.11. The molecule has 32 heavy (non-hydrogen) atoms. The van der Waals surface area contributed by atoms with Crippen LogP contribution in [0.3, 0.4) is 0 Å². The molecule has 0 heterocycles. The van der Waals surface area contributed by atoms with Crippen molar-refractivity contribution in [3.8, 4) is 0 Å². The molecule has 1 N–H and O–H groups in total. The molecule has 0 amide bonds. The number of hydrogen-bond donors (Lipinski definition) is 1. The van der Waals surface area contributed by atoms with Gasteiger partial charge in [-0.05, 0) is 44.4 Å². The Morgan fingerprint density at radius 2 is 1.00 bits per heavy atom. The first-order valence-corrected chi connectivity index (χ1v) is 14.2. The van der Waals surface area contributed by atoms with Crippen LogP contribution in [0.1, 0.15) is 155 Å². The first-order chi connectivity index (χ1) is 15.7. The van der Waals surface area contributed by atoms with Crippen molar-refractivity contribution in [3.05, 3.63) is 24.3 Å². The van der Waals surface area contributed by atoms with Gasteiger partial charge in [-0.3, -0.25) is 4.79 Å². The standard InChI is InChI=1S/C30H56O2/c1-3-4-5-20-23-26-29(2)27-24-21-18-16-14-12-10-8-6-7-9-11-13-15-17-19-22-25-28-30(31)32/h9,11,17,19,29H,3-8,10,12-16,18,20-28H2,1-2H3,(H,31,32)/b11-9-,19-17-. The fourth-order valence-corrected chi connectivity index (χ4v) is 4.27. The number of allylic oxidation sites excluding steroid dienone is 4. The maximum absolute atomic E-state index is 10.4. The fraction of sp³-hybridized carbons (Fsp3) is 0.833. The lowest BCUT2D eigenvalue weighted by molar-refractivity contribution is -0.137. The van der Waals surface area contributed by atoms with Gasteiger partial charge in [0.25, 0.3) is 0 Å². The van der Waals surface area contributed by atoms with Crippen LogP contribution in [0, 0.1) is 5.92 Å². The van der Waals surface area contributed by atoms with E-state index >= 15 is 0 Å². The number of hydrogen-bond acceptors (Lipinski definition) is 1. The number of aliphatic carboxylic acids is 1. The van der Waals surface area contributed by atoms with Crippen molar-refractivity contribution < 1.29 is 9.90 Å². The molecule has 1 unspecified atom stereocenters. The second-order valence-corrected chi connectivity index (χ2v) is 9.87. The van der Waals surface area contributed by atoms with Crippen molar-refractivity contribution in [2.75, 3.05) is 0 Å². The van der Waals surface area contributed by atoms with Crippen LogP contribution in [0.15, 0.2) is 24.3 Å². The van der Waals surface area contributed by atoms with Crippen LogP contribution in [0.5, 0.6) is 0 Å². The van der Waals surface area contributed by atoms with Gasteiger partial charge < -0.3 is 5.11 Å². The second kappa shape index (κ2) is 26.2. The number of unbranched alkanes of at least 4 members (excludes halogenated alkanes) is 15. The van der Waals surface area contributed by atoms with Gasteiger partial charge in [-0.2, -0.15) is 0 Å². The zero-order valence-electron chi connectivity index (χ0n) is 21.8. The Hall–Kier alpha value is -1.05. The molecule has 0 aromatic carbocycles. The van der Waals surface area contributed by atoms with E-state index in [0.29, 0.717) is 0 Å². The van der Waals surface area contributed by atoms with Gasteiger partial charge in [0.1, 0.15) is 0 Å². The number of carboxylic acids is 1. The van der Waals surface area contributed by atoms with E-state index in [4.69, 9.17) is 5.11 Å². The average Bonchev–Trinajstić information content (AvgIpc) is 2.77. The van der Waals surface area contributed by atoms with E-state index in [1.54, 1.807) is 0 Å². The maximum atomic E-state index is 10.4. The van der Waals surface area contributed by atoms with Crippen molar-refractivity contribution in [2.24, 2.45) is 5.92 Å². The van der Waals surface area contributed by atoms with E-state index in [1.807, 2.05) is 0 Å². The average molecular weight is 449 g/mol. The third-order valence-corrected chi connectivity index (χ3v) is 6.46. The summed E-state index contributed by atoms with van der Waals surface area (Å²) in [5.74, 6) is 0.248. The third-order valence-electron chi connectivity index (χ3n) is 6.46. The minimum Gasteiger partial charge on any atom is -0.481 e. The van der Waals surface area contributed by atoms with Crippen molar-refractivity contribution in [1.29, 1.82) is 0 Å². The van der Waals surface area contributed by atoms with Gasteiger partial charge in [-0.25, -0.2) is 0 Å².